The lowest BCUT2D eigenvalue weighted by Gasteiger charge is -2.31. The molecule has 2 fully saturated rings. The number of aliphatic hydroxyl groups is 1. The largest absolute Gasteiger partial charge is 0.406 e. The summed E-state index contributed by atoms with van der Waals surface area (Å²) in [7, 11) is -3.51. The number of anilines is 1. The van der Waals surface area contributed by atoms with E-state index in [4.69, 9.17) is 19.5 Å². The van der Waals surface area contributed by atoms with Crippen LogP contribution in [0.1, 0.15) is 58.1 Å². The highest BCUT2D eigenvalue weighted by atomic mass is 31.2. The molecular weight excluding hydrogens is 423 g/mol. The lowest BCUT2D eigenvalue weighted by molar-refractivity contribution is -0.0595. The minimum Gasteiger partial charge on any atom is -0.386 e. The monoisotopic (exact) mass is 454 g/mol. The van der Waals surface area contributed by atoms with Gasteiger partial charge in [0.2, 0.25) is 0 Å². The van der Waals surface area contributed by atoms with E-state index in [0.717, 1.165) is 12.8 Å². The van der Waals surface area contributed by atoms with Crippen molar-refractivity contribution in [3.8, 4) is 0 Å². The first kappa shape index (κ1) is 22.6. The average molecular weight is 454 g/mol. The Balaban J connectivity index is 1.32. The Bertz CT molecular complexity index is 926. The summed E-state index contributed by atoms with van der Waals surface area (Å²) >= 11 is 0. The number of ether oxygens (including phenoxy) is 1. The van der Waals surface area contributed by atoms with Crippen molar-refractivity contribution in [3.05, 3.63) is 12.7 Å². The lowest BCUT2D eigenvalue weighted by atomic mass is 10.1. The fourth-order valence-electron chi connectivity index (χ4n) is 4.01. The van der Waals surface area contributed by atoms with Gasteiger partial charge in [0.25, 0.3) is 0 Å². The Hall–Kier alpha value is -1.62. The maximum atomic E-state index is 13.0. The molecule has 12 heteroatoms. The topological polar surface area (TPSA) is 147 Å². The van der Waals surface area contributed by atoms with E-state index in [1.165, 1.54) is 44.8 Å². The molecule has 172 valence electrons. The molecule has 31 heavy (non-hydrogen) atoms. The summed E-state index contributed by atoms with van der Waals surface area (Å²) in [5, 5.41) is 13.8. The zero-order valence-corrected chi connectivity index (χ0v) is 18.6. The zero-order chi connectivity index (χ0) is 21.8. The van der Waals surface area contributed by atoms with Crippen molar-refractivity contribution in [1.29, 1.82) is 0 Å². The van der Waals surface area contributed by atoms with Gasteiger partial charge in [0, 0.05) is 6.54 Å². The van der Waals surface area contributed by atoms with Crippen LogP contribution in [0.5, 0.6) is 0 Å². The molecule has 2 aliphatic rings. The Morgan fingerprint density at radius 3 is 2.81 bits per heavy atom. The van der Waals surface area contributed by atoms with Crippen LogP contribution in [0.2, 0.25) is 0 Å². The molecule has 2 saturated heterocycles. The SMILES string of the molecule is CCCCCCCCCNP1(=O)OC[C@H]2O[C@@H](n3cnc4c(N)ncnc43)[C@H](O)[C@@H]2O1. The Labute approximate surface area is 181 Å². The molecule has 2 aromatic heterocycles. The molecule has 11 nitrogen and oxygen atoms in total. The standard InChI is InChI=1S/C19H31N6O5P/c1-2-3-4-5-6-7-8-9-24-31(27)28-10-13-16(30-31)15(26)19(29-13)25-12-23-14-17(20)21-11-22-18(14)25/h11-13,15-16,19,26H,2-10H2,1H3,(H,24,27)(H2,20,21,22)/t13-,15-,16-,19-,31?/m1/s1. The van der Waals surface area contributed by atoms with E-state index >= 15 is 0 Å². The number of nitrogens with two attached hydrogens (primary N) is 1. The van der Waals surface area contributed by atoms with Gasteiger partial charge < -0.3 is 15.6 Å². The van der Waals surface area contributed by atoms with Crippen molar-refractivity contribution < 1.29 is 23.5 Å². The van der Waals surface area contributed by atoms with Gasteiger partial charge in [0.15, 0.2) is 17.7 Å². The highest BCUT2D eigenvalue weighted by Gasteiger charge is 2.52. The number of rotatable bonds is 10. The molecule has 2 aliphatic heterocycles. The quantitative estimate of drug-likeness (QED) is 0.361. The van der Waals surface area contributed by atoms with Gasteiger partial charge in [-0.15, -0.1) is 0 Å². The van der Waals surface area contributed by atoms with E-state index in [-0.39, 0.29) is 12.4 Å². The molecule has 5 atom stereocenters. The fourth-order valence-corrected chi connectivity index (χ4v) is 5.60. The molecule has 0 saturated carbocycles. The van der Waals surface area contributed by atoms with E-state index in [1.54, 1.807) is 4.57 Å². The molecule has 4 rings (SSSR count). The number of unbranched alkanes of at least 4 members (excludes halogenated alkanes) is 6. The predicted octanol–water partition coefficient (Wildman–Crippen LogP) is 2.53. The smallest absolute Gasteiger partial charge is 0.386 e. The van der Waals surface area contributed by atoms with Crippen LogP contribution >= 0.6 is 7.75 Å². The van der Waals surface area contributed by atoms with Crippen LogP contribution < -0.4 is 10.8 Å². The molecular formula is C19H31N6O5P. The fraction of sp³-hybridized carbons (Fsp3) is 0.737. The number of aliphatic hydroxyl groups excluding tert-OH is 1. The number of nitrogens with zero attached hydrogens (tertiary/aromatic N) is 4. The van der Waals surface area contributed by atoms with Crippen molar-refractivity contribution in [2.24, 2.45) is 0 Å². The van der Waals surface area contributed by atoms with E-state index in [2.05, 4.69) is 27.0 Å². The number of imidazole rings is 1. The summed E-state index contributed by atoms with van der Waals surface area (Å²) < 4.78 is 31.6. The Morgan fingerprint density at radius 2 is 2.00 bits per heavy atom. The third-order valence-corrected chi connectivity index (χ3v) is 7.35. The predicted molar refractivity (Wildman–Crippen MR) is 114 cm³/mol. The summed E-state index contributed by atoms with van der Waals surface area (Å²) in [6.45, 7) is 2.79. The van der Waals surface area contributed by atoms with Crippen molar-refractivity contribution in [2.45, 2.75) is 76.4 Å². The number of hydrogen-bond acceptors (Lipinski definition) is 9. The number of nitrogens with one attached hydrogen (secondary N) is 1. The maximum absolute atomic E-state index is 13.0. The summed E-state index contributed by atoms with van der Waals surface area (Å²) in [5.41, 5.74) is 6.70. The van der Waals surface area contributed by atoms with Crippen molar-refractivity contribution in [1.82, 2.24) is 24.6 Å². The Morgan fingerprint density at radius 1 is 1.23 bits per heavy atom. The van der Waals surface area contributed by atoms with Crippen LogP contribution in [0.4, 0.5) is 5.82 Å². The van der Waals surface area contributed by atoms with E-state index in [1.807, 2.05) is 0 Å². The highest BCUT2D eigenvalue weighted by molar-refractivity contribution is 7.51. The lowest BCUT2D eigenvalue weighted by Crippen LogP contribution is -2.41. The first-order chi connectivity index (χ1) is 15.0. The van der Waals surface area contributed by atoms with Crippen LogP contribution in [0, 0.1) is 0 Å². The van der Waals surface area contributed by atoms with Crippen LogP contribution in [0.15, 0.2) is 12.7 Å². The van der Waals surface area contributed by atoms with E-state index < -0.39 is 32.3 Å². The first-order valence-electron chi connectivity index (χ1n) is 11.0. The number of aromatic nitrogens is 4. The number of nitrogen functional groups attached to an aromatic ring is 1. The van der Waals surface area contributed by atoms with Gasteiger partial charge >= 0.3 is 7.75 Å². The highest BCUT2D eigenvalue weighted by Crippen LogP contribution is 2.52. The third kappa shape index (κ3) is 4.92. The van der Waals surface area contributed by atoms with E-state index in [9.17, 15) is 9.67 Å². The van der Waals surface area contributed by atoms with Gasteiger partial charge in [-0.25, -0.2) is 24.6 Å². The van der Waals surface area contributed by atoms with E-state index in [0.29, 0.717) is 17.7 Å². The van der Waals surface area contributed by atoms with Gasteiger partial charge in [0.1, 0.15) is 30.2 Å². The molecule has 0 aliphatic carbocycles. The zero-order valence-electron chi connectivity index (χ0n) is 17.7. The first-order valence-corrected chi connectivity index (χ1v) is 12.5. The van der Waals surface area contributed by atoms with Gasteiger partial charge in [-0.3, -0.25) is 13.6 Å². The number of hydrogen-bond donors (Lipinski definition) is 3. The molecule has 4 N–H and O–H groups in total. The minimum absolute atomic E-state index is 0.0588. The van der Waals surface area contributed by atoms with Gasteiger partial charge in [-0.2, -0.15) is 0 Å². The summed E-state index contributed by atoms with van der Waals surface area (Å²) in [5.74, 6) is 0.243. The van der Waals surface area contributed by atoms with Crippen LogP contribution in [-0.4, -0.2) is 56.1 Å². The van der Waals surface area contributed by atoms with Gasteiger partial charge in [-0.1, -0.05) is 45.4 Å². The molecule has 0 amide bonds. The van der Waals surface area contributed by atoms with Gasteiger partial charge in [0.05, 0.1) is 12.9 Å². The summed E-state index contributed by atoms with van der Waals surface area (Å²) in [6.07, 6.45) is 7.70. The number of fused-ring (bicyclic) bond motifs is 2. The molecule has 4 heterocycles. The second-order valence-electron chi connectivity index (χ2n) is 8.03. The Kier molecular flexibility index (Phi) is 7.20. The molecule has 0 spiro atoms. The summed E-state index contributed by atoms with van der Waals surface area (Å²) in [6, 6.07) is 0. The minimum atomic E-state index is -3.51. The normalized spacial score (nSPS) is 30.6. The molecule has 0 radical (unpaired) electrons. The van der Waals surface area contributed by atoms with Gasteiger partial charge in [-0.05, 0) is 6.42 Å². The molecule has 2 aromatic rings. The van der Waals surface area contributed by atoms with Crippen molar-refractivity contribution in [3.63, 3.8) is 0 Å². The average Bonchev–Trinajstić information content (AvgIpc) is 3.32. The van der Waals surface area contributed by atoms with Crippen LogP contribution in [0.3, 0.4) is 0 Å². The van der Waals surface area contributed by atoms with Crippen LogP contribution in [0.25, 0.3) is 11.2 Å². The molecule has 0 bridgehead atoms. The maximum Gasteiger partial charge on any atom is 0.406 e. The van der Waals surface area contributed by atoms with Crippen molar-refractivity contribution in [2.75, 3.05) is 18.9 Å². The molecule has 1 unspecified atom stereocenters. The molecule has 0 aromatic carbocycles. The van der Waals surface area contributed by atoms with Crippen LogP contribution in [-0.2, 0) is 18.3 Å². The second kappa shape index (κ2) is 9.89. The summed E-state index contributed by atoms with van der Waals surface area (Å²) in [4.78, 5) is 12.3. The van der Waals surface area contributed by atoms with Crippen molar-refractivity contribution >= 4 is 24.7 Å². The second-order valence-corrected chi connectivity index (χ2v) is 9.81. The third-order valence-electron chi connectivity index (χ3n) is 5.73.